The van der Waals surface area contributed by atoms with Crippen molar-refractivity contribution in [2.24, 2.45) is 0 Å². The van der Waals surface area contributed by atoms with Gasteiger partial charge in [0.2, 0.25) is 0 Å². The van der Waals surface area contributed by atoms with E-state index in [1.54, 1.807) is 6.07 Å². The molecular formula is C14H16N2O4. The van der Waals surface area contributed by atoms with E-state index in [1.807, 2.05) is 24.3 Å². The SMILES string of the molecule is COC(CNC(=O)c1cc2ccccc2[nH]1)CC(=O)O. The first kappa shape index (κ1) is 14.1. The molecule has 0 aliphatic heterocycles. The van der Waals surface area contributed by atoms with Crippen LogP contribution in [-0.2, 0) is 9.53 Å². The van der Waals surface area contributed by atoms with Crippen LogP contribution < -0.4 is 5.32 Å². The predicted octanol–water partition coefficient (Wildman–Crippen LogP) is 1.39. The Labute approximate surface area is 115 Å². The second kappa shape index (κ2) is 6.21. The summed E-state index contributed by atoms with van der Waals surface area (Å²) in [5.41, 5.74) is 1.32. The number of H-pyrrole nitrogens is 1. The molecule has 0 aliphatic rings. The van der Waals surface area contributed by atoms with Gasteiger partial charge < -0.3 is 20.1 Å². The summed E-state index contributed by atoms with van der Waals surface area (Å²) in [6.45, 7) is 0.150. The molecule has 0 radical (unpaired) electrons. The number of carbonyl (C=O) groups is 2. The fraction of sp³-hybridized carbons (Fsp3) is 0.286. The number of hydrogen-bond acceptors (Lipinski definition) is 3. The summed E-state index contributed by atoms with van der Waals surface area (Å²) in [6, 6.07) is 9.32. The van der Waals surface area contributed by atoms with Crippen molar-refractivity contribution >= 4 is 22.8 Å². The highest BCUT2D eigenvalue weighted by Crippen LogP contribution is 2.14. The van der Waals surface area contributed by atoms with Crippen LogP contribution in [0.25, 0.3) is 10.9 Å². The van der Waals surface area contributed by atoms with Gasteiger partial charge in [-0.2, -0.15) is 0 Å². The normalized spacial score (nSPS) is 12.2. The summed E-state index contributed by atoms with van der Waals surface area (Å²) in [7, 11) is 1.42. The molecule has 1 unspecified atom stereocenters. The highest BCUT2D eigenvalue weighted by Gasteiger charge is 2.15. The monoisotopic (exact) mass is 276 g/mol. The molecule has 1 aromatic heterocycles. The van der Waals surface area contributed by atoms with Gasteiger partial charge in [-0.3, -0.25) is 9.59 Å². The summed E-state index contributed by atoms with van der Waals surface area (Å²) in [6.07, 6.45) is -0.690. The number of hydrogen-bond donors (Lipinski definition) is 3. The fourth-order valence-corrected chi connectivity index (χ4v) is 1.93. The third-order valence-electron chi connectivity index (χ3n) is 3.00. The number of benzene rings is 1. The highest BCUT2D eigenvalue weighted by molar-refractivity contribution is 5.97. The van der Waals surface area contributed by atoms with Crippen LogP contribution in [0.5, 0.6) is 0 Å². The first-order valence-electron chi connectivity index (χ1n) is 6.20. The van der Waals surface area contributed by atoms with Crippen LogP contribution in [0, 0.1) is 0 Å². The van der Waals surface area contributed by atoms with Crippen LogP contribution >= 0.6 is 0 Å². The number of aromatic nitrogens is 1. The first-order valence-corrected chi connectivity index (χ1v) is 6.20. The Kier molecular flexibility index (Phi) is 4.37. The minimum Gasteiger partial charge on any atom is -0.481 e. The number of carbonyl (C=O) groups excluding carboxylic acids is 1. The summed E-state index contributed by atoms with van der Waals surface area (Å²) >= 11 is 0. The molecule has 3 N–H and O–H groups in total. The maximum Gasteiger partial charge on any atom is 0.306 e. The van der Waals surface area contributed by atoms with Crippen molar-refractivity contribution in [3.8, 4) is 0 Å². The van der Waals surface area contributed by atoms with Crippen LogP contribution in [0.1, 0.15) is 16.9 Å². The molecule has 0 aliphatic carbocycles. The molecule has 1 atom stereocenters. The topological polar surface area (TPSA) is 91.4 Å². The fourth-order valence-electron chi connectivity index (χ4n) is 1.93. The number of ether oxygens (including phenoxy) is 1. The van der Waals surface area contributed by atoms with Crippen molar-refractivity contribution in [3.05, 3.63) is 36.0 Å². The van der Waals surface area contributed by atoms with E-state index in [0.29, 0.717) is 5.69 Å². The van der Waals surface area contributed by atoms with E-state index in [9.17, 15) is 9.59 Å². The summed E-state index contributed by atoms with van der Waals surface area (Å²) in [5, 5.41) is 12.3. The average molecular weight is 276 g/mol. The van der Waals surface area contributed by atoms with E-state index in [2.05, 4.69) is 10.3 Å². The van der Waals surface area contributed by atoms with E-state index >= 15 is 0 Å². The van der Waals surface area contributed by atoms with Crippen molar-refractivity contribution in [1.29, 1.82) is 0 Å². The molecule has 1 heterocycles. The van der Waals surface area contributed by atoms with Crippen LogP contribution in [0.3, 0.4) is 0 Å². The lowest BCUT2D eigenvalue weighted by molar-refractivity contribution is -0.139. The second-order valence-electron chi connectivity index (χ2n) is 4.44. The molecule has 20 heavy (non-hydrogen) atoms. The molecule has 1 amide bonds. The Morgan fingerprint density at radius 3 is 2.80 bits per heavy atom. The highest BCUT2D eigenvalue weighted by atomic mass is 16.5. The number of methoxy groups -OCH3 is 1. The summed E-state index contributed by atoms with van der Waals surface area (Å²) in [4.78, 5) is 25.6. The molecule has 1 aromatic carbocycles. The number of nitrogens with one attached hydrogen (secondary N) is 2. The molecule has 0 saturated heterocycles. The summed E-state index contributed by atoms with van der Waals surface area (Å²) in [5.74, 6) is -1.25. The van der Waals surface area contributed by atoms with E-state index < -0.39 is 12.1 Å². The number of aromatic amines is 1. The quantitative estimate of drug-likeness (QED) is 0.743. The van der Waals surface area contributed by atoms with Crippen molar-refractivity contribution in [2.45, 2.75) is 12.5 Å². The number of fused-ring (bicyclic) bond motifs is 1. The number of carboxylic acid groups (broad SMARTS) is 1. The summed E-state index contributed by atoms with van der Waals surface area (Å²) < 4.78 is 5.00. The van der Waals surface area contributed by atoms with E-state index in [-0.39, 0.29) is 18.9 Å². The van der Waals surface area contributed by atoms with E-state index in [1.165, 1.54) is 7.11 Å². The Bertz CT molecular complexity index is 587. The van der Waals surface area contributed by atoms with Crippen molar-refractivity contribution in [2.75, 3.05) is 13.7 Å². The zero-order valence-electron chi connectivity index (χ0n) is 11.1. The zero-order chi connectivity index (χ0) is 14.5. The molecule has 6 nitrogen and oxygen atoms in total. The third-order valence-corrected chi connectivity index (χ3v) is 3.00. The number of para-hydroxylation sites is 1. The van der Waals surface area contributed by atoms with E-state index in [4.69, 9.17) is 9.84 Å². The van der Waals surface area contributed by atoms with Gasteiger partial charge in [-0.25, -0.2) is 0 Å². The lowest BCUT2D eigenvalue weighted by atomic mass is 10.2. The predicted molar refractivity (Wildman–Crippen MR) is 73.7 cm³/mol. The van der Waals surface area contributed by atoms with Gasteiger partial charge >= 0.3 is 5.97 Å². The molecule has 106 valence electrons. The minimum atomic E-state index is -0.961. The maximum atomic E-state index is 12.0. The maximum absolute atomic E-state index is 12.0. The number of amides is 1. The van der Waals surface area contributed by atoms with Gasteiger partial charge in [-0.15, -0.1) is 0 Å². The van der Waals surface area contributed by atoms with Gasteiger partial charge in [-0.05, 0) is 12.1 Å². The molecular weight excluding hydrogens is 260 g/mol. The lowest BCUT2D eigenvalue weighted by Gasteiger charge is -2.13. The minimum absolute atomic E-state index is 0.149. The average Bonchev–Trinajstić information content (AvgIpc) is 2.86. The number of rotatable bonds is 6. The second-order valence-corrected chi connectivity index (χ2v) is 4.44. The van der Waals surface area contributed by atoms with Crippen molar-refractivity contribution < 1.29 is 19.4 Å². The van der Waals surface area contributed by atoms with Crippen LogP contribution in [0.15, 0.2) is 30.3 Å². The molecule has 2 aromatic rings. The number of aliphatic carboxylic acids is 1. The lowest BCUT2D eigenvalue weighted by Crippen LogP contribution is -2.34. The molecule has 0 fully saturated rings. The smallest absolute Gasteiger partial charge is 0.306 e. The van der Waals surface area contributed by atoms with Gasteiger partial charge in [0.15, 0.2) is 0 Å². The number of carboxylic acids is 1. The van der Waals surface area contributed by atoms with Gasteiger partial charge in [0.05, 0.1) is 12.5 Å². The van der Waals surface area contributed by atoms with Gasteiger partial charge in [0, 0.05) is 24.6 Å². The van der Waals surface area contributed by atoms with Crippen LogP contribution in [0.4, 0.5) is 0 Å². The van der Waals surface area contributed by atoms with Gasteiger partial charge in [-0.1, -0.05) is 18.2 Å². The Morgan fingerprint density at radius 1 is 1.40 bits per heavy atom. The molecule has 2 rings (SSSR count). The molecule has 0 saturated carbocycles. The van der Waals surface area contributed by atoms with Gasteiger partial charge in [0.1, 0.15) is 5.69 Å². The Morgan fingerprint density at radius 2 is 2.15 bits per heavy atom. The Balaban J connectivity index is 1.99. The first-order chi connectivity index (χ1) is 9.60. The largest absolute Gasteiger partial charge is 0.481 e. The standard InChI is InChI=1S/C14H16N2O4/c1-20-10(7-13(17)18)8-15-14(19)12-6-9-4-2-3-5-11(9)16-12/h2-6,10,16H,7-8H2,1H3,(H,15,19)(H,17,18). The molecule has 0 bridgehead atoms. The Hall–Kier alpha value is -2.34. The zero-order valence-corrected chi connectivity index (χ0v) is 11.1. The van der Waals surface area contributed by atoms with Crippen molar-refractivity contribution in [1.82, 2.24) is 10.3 Å². The third kappa shape index (κ3) is 3.36. The molecule has 0 spiro atoms. The van der Waals surface area contributed by atoms with Crippen LogP contribution in [-0.4, -0.2) is 41.7 Å². The van der Waals surface area contributed by atoms with Crippen molar-refractivity contribution in [3.63, 3.8) is 0 Å². The molecule has 6 heteroatoms. The van der Waals surface area contributed by atoms with Gasteiger partial charge in [0.25, 0.3) is 5.91 Å². The van der Waals surface area contributed by atoms with E-state index in [0.717, 1.165) is 10.9 Å². The van der Waals surface area contributed by atoms with Crippen LogP contribution in [0.2, 0.25) is 0 Å².